The zero-order valence-electron chi connectivity index (χ0n) is 12.0. The molecule has 0 unspecified atom stereocenters. The van der Waals surface area contributed by atoms with Crippen molar-refractivity contribution in [2.45, 2.75) is 6.18 Å². The van der Waals surface area contributed by atoms with Gasteiger partial charge in [-0.05, 0) is 17.7 Å². The summed E-state index contributed by atoms with van der Waals surface area (Å²) in [6, 6.07) is 0.904. The average molecular weight is 398 g/mol. The van der Waals surface area contributed by atoms with Gasteiger partial charge in [0.15, 0.2) is 11.4 Å². The summed E-state index contributed by atoms with van der Waals surface area (Å²) in [5, 5.41) is -0.677. The summed E-state index contributed by atoms with van der Waals surface area (Å²) in [6.45, 7) is 0. The summed E-state index contributed by atoms with van der Waals surface area (Å²) in [5.74, 6) is -1.18. The summed E-state index contributed by atoms with van der Waals surface area (Å²) >= 11 is 11.4. The molecule has 0 radical (unpaired) electrons. The van der Waals surface area contributed by atoms with Crippen LogP contribution < -0.4 is 11.2 Å². The van der Waals surface area contributed by atoms with E-state index >= 15 is 0 Å². The van der Waals surface area contributed by atoms with Gasteiger partial charge in [-0.1, -0.05) is 11.6 Å². The minimum Gasteiger partial charge on any atom is -0.425 e. The highest BCUT2D eigenvalue weighted by Crippen LogP contribution is 2.32. The molecule has 0 saturated heterocycles. The molecule has 3 aromatic rings. The number of hydrogen-bond acceptors (Lipinski definition) is 4. The predicted octanol–water partition coefficient (Wildman–Crippen LogP) is 3.14. The highest BCUT2D eigenvalue weighted by molar-refractivity contribution is 6.35. The van der Waals surface area contributed by atoms with Crippen LogP contribution in [0, 0.1) is 5.82 Å². The molecule has 0 amide bonds. The van der Waals surface area contributed by atoms with E-state index in [4.69, 9.17) is 27.6 Å². The lowest BCUT2D eigenvalue weighted by Crippen LogP contribution is -2.41. The van der Waals surface area contributed by atoms with E-state index in [1.54, 1.807) is 0 Å². The lowest BCUT2D eigenvalue weighted by molar-refractivity contribution is -0.144. The third-order valence-corrected chi connectivity index (χ3v) is 3.81. The Morgan fingerprint density at radius 3 is 2.44 bits per heavy atom. The molecule has 12 heteroatoms. The van der Waals surface area contributed by atoms with Crippen molar-refractivity contribution in [2.75, 3.05) is 0 Å². The summed E-state index contributed by atoms with van der Waals surface area (Å²) in [6.07, 6.45) is -4.95. The molecule has 2 heterocycles. The molecule has 0 aliphatic heterocycles. The van der Waals surface area contributed by atoms with Gasteiger partial charge >= 0.3 is 11.9 Å². The number of hydrogen-bond donors (Lipinski definition) is 0. The molecule has 0 spiro atoms. The maximum atomic E-state index is 14.4. The van der Waals surface area contributed by atoms with Crippen LogP contribution in [0.15, 0.2) is 26.1 Å². The van der Waals surface area contributed by atoms with Crippen molar-refractivity contribution >= 4 is 34.3 Å². The lowest BCUT2D eigenvalue weighted by atomic mass is 10.2. The molecule has 0 atom stereocenters. The molecule has 6 nitrogen and oxygen atoms in total. The number of fused-ring (bicyclic) bond motifs is 1. The fourth-order valence-corrected chi connectivity index (χ4v) is 2.67. The van der Waals surface area contributed by atoms with Gasteiger partial charge < -0.3 is 4.42 Å². The second-order valence-corrected chi connectivity index (χ2v) is 5.61. The van der Waals surface area contributed by atoms with Crippen molar-refractivity contribution in [2.24, 2.45) is 7.05 Å². The van der Waals surface area contributed by atoms with Crippen molar-refractivity contribution in [3.8, 4) is 5.69 Å². The molecule has 0 fully saturated rings. The van der Waals surface area contributed by atoms with Crippen molar-refractivity contribution in [3.05, 3.63) is 54.9 Å². The summed E-state index contributed by atoms with van der Waals surface area (Å²) < 4.78 is 58.3. The van der Waals surface area contributed by atoms with Crippen LogP contribution in [0.25, 0.3) is 16.8 Å². The minimum absolute atomic E-state index is 0.156. The van der Waals surface area contributed by atoms with E-state index in [0.29, 0.717) is 0 Å². The fourth-order valence-electron chi connectivity index (χ4n) is 2.28. The zero-order valence-corrected chi connectivity index (χ0v) is 13.5. The van der Waals surface area contributed by atoms with Crippen molar-refractivity contribution < 1.29 is 22.0 Å². The monoisotopic (exact) mass is 397 g/mol. The van der Waals surface area contributed by atoms with Crippen LogP contribution >= 0.6 is 23.2 Å². The van der Waals surface area contributed by atoms with E-state index in [-0.39, 0.29) is 25.7 Å². The molecule has 25 heavy (non-hydrogen) atoms. The van der Waals surface area contributed by atoms with Gasteiger partial charge in [0.25, 0.3) is 10.9 Å². The smallest absolute Gasteiger partial charge is 0.425 e. The first-order valence-electron chi connectivity index (χ1n) is 6.37. The Hall–Kier alpha value is -2.33. The molecule has 3 rings (SSSR count). The predicted molar refractivity (Wildman–Crippen MR) is 79.8 cm³/mol. The number of nitrogens with zero attached hydrogens (tertiary/aromatic N) is 3. The number of oxazole rings is 1. The van der Waals surface area contributed by atoms with E-state index in [0.717, 1.165) is 13.1 Å². The van der Waals surface area contributed by atoms with Gasteiger partial charge in [-0.25, -0.2) is 13.8 Å². The molecule has 1 aromatic carbocycles. The molecular weight excluding hydrogens is 393 g/mol. The Labute approximate surface area is 144 Å². The van der Waals surface area contributed by atoms with Gasteiger partial charge in [0.05, 0.1) is 5.02 Å². The number of halogens is 6. The molecule has 0 aliphatic rings. The number of rotatable bonds is 1. The summed E-state index contributed by atoms with van der Waals surface area (Å²) in [5.41, 5.74) is -5.68. The molecule has 0 aliphatic carbocycles. The molecule has 132 valence electrons. The Balaban J connectivity index is 2.48. The van der Waals surface area contributed by atoms with E-state index < -0.39 is 45.6 Å². The van der Waals surface area contributed by atoms with Crippen LogP contribution in [0.3, 0.4) is 0 Å². The number of aromatic nitrogens is 3. The molecular formula is C13H5Cl2F4N3O3. The third kappa shape index (κ3) is 2.71. The number of alkyl halides is 3. The molecule has 0 saturated carbocycles. The van der Waals surface area contributed by atoms with Gasteiger partial charge in [-0.15, -0.1) is 0 Å². The van der Waals surface area contributed by atoms with Crippen LogP contribution in [0.1, 0.15) is 5.69 Å². The van der Waals surface area contributed by atoms with Crippen molar-refractivity contribution in [1.29, 1.82) is 0 Å². The van der Waals surface area contributed by atoms with Gasteiger partial charge in [-0.3, -0.25) is 9.36 Å². The van der Waals surface area contributed by atoms with E-state index in [1.165, 1.54) is 0 Å². The SMILES string of the molecule is Cn1c(C(F)(F)F)cc(=O)n(-c2c(F)cc(Cl)c3nc(Cl)oc23)c1=O. The summed E-state index contributed by atoms with van der Waals surface area (Å²) in [4.78, 5) is 28.1. The van der Waals surface area contributed by atoms with Gasteiger partial charge in [0.2, 0.25) is 0 Å². The quantitative estimate of drug-likeness (QED) is 0.591. The van der Waals surface area contributed by atoms with Gasteiger partial charge in [0.1, 0.15) is 16.9 Å². The second-order valence-electron chi connectivity index (χ2n) is 4.88. The second kappa shape index (κ2) is 5.60. The standard InChI is InChI=1S/C13H5Cl2F4N3O3/c1-21-6(13(17,18)19)3-7(23)22(12(21)24)9-5(16)2-4(14)8-10(9)25-11(15)20-8/h2-3H,1H3. The van der Waals surface area contributed by atoms with Gasteiger partial charge in [-0.2, -0.15) is 18.2 Å². The van der Waals surface area contributed by atoms with E-state index in [2.05, 4.69) is 4.98 Å². The maximum absolute atomic E-state index is 14.4. The van der Waals surface area contributed by atoms with Crippen LogP contribution in [-0.4, -0.2) is 14.1 Å². The summed E-state index contributed by atoms with van der Waals surface area (Å²) in [7, 11) is 0.791. The lowest BCUT2D eigenvalue weighted by Gasteiger charge is -2.14. The number of benzene rings is 1. The molecule has 2 aromatic heterocycles. The third-order valence-electron chi connectivity index (χ3n) is 3.36. The highest BCUT2D eigenvalue weighted by Gasteiger charge is 2.35. The normalized spacial score (nSPS) is 12.1. The fraction of sp³-hybridized carbons (Fsp3) is 0.154. The Morgan fingerprint density at radius 2 is 1.84 bits per heavy atom. The van der Waals surface area contributed by atoms with Crippen LogP contribution in [0.4, 0.5) is 17.6 Å². The van der Waals surface area contributed by atoms with Crippen LogP contribution in [0.2, 0.25) is 10.4 Å². The van der Waals surface area contributed by atoms with E-state index in [1.807, 2.05) is 0 Å². The Kier molecular flexibility index (Phi) is 3.92. The van der Waals surface area contributed by atoms with E-state index in [9.17, 15) is 27.2 Å². The first-order chi connectivity index (χ1) is 11.5. The Morgan fingerprint density at radius 1 is 1.20 bits per heavy atom. The minimum atomic E-state index is -4.95. The van der Waals surface area contributed by atoms with Crippen LogP contribution in [-0.2, 0) is 13.2 Å². The maximum Gasteiger partial charge on any atom is 0.431 e. The average Bonchev–Trinajstić information content (AvgIpc) is 2.87. The van der Waals surface area contributed by atoms with Gasteiger partial charge in [0, 0.05) is 13.1 Å². The topological polar surface area (TPSA) is 70.0 Å². The highest BCUT2D eigenvalue weighted by atomic mass is 35.5. The molecule has 0 N–H and O–H groups in total. The first-order valence-corrected chi connectivity index (χ1v) is 7.12. The van der Waals surface area contributed by atoms with Crippen molar-refractivity contribution in [3.63, 3.8) is 0 Å². The largest absolute Gasteiger partial charge is 0.431 e. The Bertz CT molecular complexity index is 1130. The van der Waals surface area contributed by atoms with Crippen molar-refractivity contribution in [1.82, 2.24) is 14.1 Å². The zero-order chi connectivity index (χ0) is 18.7. The first kappa shape index (κ1) is 17.5. The van der Waals surface area contributed by atoms with Crippen LogP contribution in [0.5, 0.6) is 0 Å². The molecule has 0 bridgehead atoms.